The predicted octanol–water partition coefficient (Wildman–Crippen LogP) is 1.48. The lowest BCUT2D eigenvalue weighted by atomic mass is 10.2. The van der Waals surface area contributed by atoms with Gasteiger partial charge in [-0.15, -0.1) is 0 Å². The van der Waals surface area contributed by atoms with Gasteiger partial charge in [0.2, 0.25) is 0 Å². The van der Waals surface area contributed by atoms with Gasteiger partial charge in [0.1, 0.15) is 24.3 Å². The van der Waals surface area contributed by atoms with Gasteiger partial charge in [-0.3, -0.25) is 0 Å². The number of hydrogen-bond acceptors (Lipinski definition) is 6. The van der Waals surface area contributed by atoms with Crippen LogP contribution >= 0.6 is 0 Å². The summed E-state index contributed by atoms with van der Waals surface area (Å²) in [5, 5.41) is 0. The van der Waals surface area contributed by atoms with Crippen LogP contribution < -0.4 is 10.6 Å². The Bertz CT molecular complexity index is 614. The van der Waals surface area contributed by atoms with Crippen molar-refractivity contribution in [3.8, 4) is 0 Å². The molecule has 0 fully saturated rings. The zero-order chi connectivity index (χ0) is 14.5. The number of anilines is 2. The topological polar surface area (TPSA) is 81.3 Å². The van der Waals surface area contributed by atoms with Crippen LogP contribution in [0.1, 0.15) is 15.9 Å². The van der Waals surface area contributed by atoms with Crippen molar-refractivity contribution in [3.63, 3.8) is 0 Å². The van der Waals surface area contributed by atoms with E-state index in [4.69, 9.17) is 10.5 Å². The molecule has 20 heavy (non-hydrogen) atoms. The van der Waals surface area contributed by atoms with Gasteiger partial charge < -0.3 is 15.4 Å². The van der Waals surface area contributed by atoms with Gasteiger partial charge in [0, 0.05) is 26.0 Å². The van der Waals surface area contributed by atoms with E-state index in [2.05, 4.69) is 9.97 Å². The van der Waals surface area contributed by atoms with Gasteiger partial charge in [0.25, 0.3) is 0 Å². The Kier molecular flexibility index (Phi) is 4.14. The number of rotatable bonds is 4. The van der Waals surface area contributed by atoms with Gasteiger partial charge >= 0.3 is 5.97 Å². The maximum atomic E-state index is 11.9. The molecule has 0 radical (unpaired) electrons. The number of nitrogen functional groups attached to an aromatic ring is 1. The average molecular weight is 272 g/mol. The number of nitrogens with two attached hydrogens (primary N) is 1. The first-order chi connectivity index (χ1) is 9.58. The standard InChI is InChI=1S/C14H16N4O2/c1-18(2)11-5-3-4-10(6-11)8-20-14(19)12-7-16-9-17-13(12)15/h3-7,9H,8H2,1-2H3,(H2,15,16,17). The van der Waals surface area contributed by atoms with E-state index in [0.29, 0.717) is 0 Å². The highest BCUT2D eigenvalue weighted by molar-refractivity contribution is 5.93. The number of nitrogens with zero attached hydrogens (tertiary/aromatic N) is 3. The van der Waals surface area contributed by atoms with Crippen molar-refractivity contribution >= 4 is 17.5 Å². The summed E-state index contributed by atoms with van der Waals surface area (Å²) in [4.78, 5) is 21.4. The minimum absolute atomic E-state index is 0.118. The minimum Gasteiger partial charge on any atom is -0.457 e. The van der Waals surface area contributed by atoms with Crippen molar-refractivity contribution in [1.82, 2.24) is 9.97 Å². The average Bonchev–Trinajstić information content (AvgIpc) is 2.45. The molecule has 0 spiro atoms. The first kappa shape index (κ1) is 13.8. The van der Waals surface area contributed by atoms with Crippen LogP contribution in [0.4, 0.5) is 11.5 Å². The van der Waals surface area contributed by atoms with Crippen molar-refractivity contribution < 1.29 is 9.53 Å². The summed E-state index contributed by atoms with van der Waals surface area (Å²) >= 11 is 0. The fourth-order valence-electron chi connectivity index (χ4n) is 1.65. The van der Waals surface area contributed by atoms with Gasteiger partial charge in [0.15, 0.2) is 0 Å². The van der Waals surface area contributed by atoms with Gasteiger partial charge in [-0.05, 0) is 17.7 Å². The molecule has 0 aliphatic heterocycles. The Morgan fingerprint density at radius 2 is 2.20 bits per heavy atom. The molecule has 0 unspecified atom stereocenters. The minimum atomic E-state index is -0.529. The van der Waals surface area contributed by atoms with Gasteiger partial charge in [0.05, 0.1) is 0 Å². The lowest BCUT2D eigenvalue weighted by molar-refractivity contribution is 0.0473. The summed E-state index contributed by atoms with van der Waals surface area (Å²) in [6, 6.07) is 7.75. The van der Waals surface area contributed by atoms with Crippen molar-refractivity contribution in [3.05, 3.63) is 47.9 Å². The van der Waals surface area contributed by atoms with Crippen LogP contribution in [0.2, 0.25) is 0 Å². The summed E-state index contributed by atoms with van der Waals surface area (Å²) in [7, 11) is 3.90. The molecule has 0 aliphatic rings. The molecule has 0 bridgehead atoms. The second kappa shape index (κ2) is 6.01. The highest BCUT2D eigenvalue weighted by Gasteiger charge is 2.12. The molecular formula is C14H16N4O2. The third kappa shape index (κ3) is 3.23. The molecule has 0 saturated carbocycles. The number of carbonyl (C=O) groups excluding carboxylic acids is 1. The van der Waals surface area contributed by atoms with E-state index in [9.17, 15) is 4.79 Å². The molecule has 0 saturated heterocycles. The first-order valence-corrected chi connectivity index (χ1v) is 6.07. The molecular weight excluding hydrogens is 256 g/mol. The Morgan fingerprint density at radius 3 is 2.90 bits per heavy atom. The van der Waals surface area contributed by atoms with Crippen LogP contribution in [0.3, 0.4) is 0 Å². The zero-order valence-electron chi connectivity index (χ0n) is 11.4. The summed E-state index contributed by atoms with van der Waals surface area (Å²) in [5.74, 6) is -0.412. The largest absolute Gasteiger partial charge is 0.457 e. The van der Waals surface area contributed by atoms with Crippen molar-refractivity contribution in [2.45, 2.75) is 6.61 Å². The van der Waals surface area contributed by atoms with Crippen LogP contribution in [0.25, 0.3) is 0 Å². The molecule has 0 aliphatic carbocycles. The predicted molar refractivity (Wildman–Crippen MR) is 76.3 cm³/mol. The number of aromatic nitrogens is 2. The van der Waals surface area contributed by atoms with Crippen molar-refractivity contribution in [1.29, 1.82) is 0 Å². The summed E-state index contributed by atoms with van der Waals surface area (Å²) in [6.07, 6.45) is 2.63. The molecule has 1 aromatic carbocycles. The normalized spacial score (nSPS) is 10.1. The molecule has 2 N–H and O–H groups in total. The van der Waals surface area contributed by atoms with Crippen molar-refractivity contribution in [2.75, 3.05) is 24.7 Å². The number of ether oxygens (including phenoxy) is 1. The number of carbonyl (C=O) groups is 1. The zero-order valence-corrected chi connectivity index (χ0v) is 11.4. The maximum Gasteiger partial charge on any atom is 0.343 e. The third-order valence-corrected chi connectivity index (χ3v) is 2.76. The molecule has 6 heteroatoms. The summed E-state index contributed by atoms with van der Waals surface area (Å²) in [6.45, 7) is 0.175. The molecule has 0 amide bonds. The van der Waals surface area contributed by atoms with Crippen molar-refractivity contribution in [2.24, 2.45) is 0 Å². The molecule has 0 atom stereocenters. The van der Waals surface area contributed by atoms with Crippen LogP contribution in [-0.4, -0.2) is 30.0 Å². The van der Waals surface area contributed by atoms with Gasteiger partial charge in [-0.25, -0.2) is 14.8 Å². The SMILES string of the molecule is CN(C)c1cccc(COC(=O)c2cncnc2N)c1. The highest BCUT2D eigenvalue weighted by Crippen LogP contribution is 2.15. The molecule has 2 aromatic rings. The molecule has 104 valence electrons. The molecule has 1 aromatic heterocycles. The van der Waals surface area contributed by atoms with E-state index in [1.165, 1.54) is 12.5 Å². The van der Waals surface area contributed by atoms with Crippen LogP contribution in [0, 0.1) is 0 Å². The lowest BCUT2D eigenvalue weighted by Gasteiger charge is -2.13. The van der Waals surface area contributed by atoms with Crippen LogP contribution in [-0.2, 0) is 11.3 Å². The Balaban J connectivity index is 2.04. The summed E-state index contributed by atoms with van der Waals surface area (Å²) < 4.78 is 5.21. The number of esters is 1. The Hall–Kier alpha value is -2.63. The van der Waals surface area contributed by atoms with E-state index >= 15 is 0 Å². The fraction of sp³-hybridized carbons (Fsp3) is 0.214. The molecule has 6 nitrogen and oxygen atoms in total. The molecule has 1 heterocycles. The fourth-order valence-corrected chi connectivity index (χ4v) is 1.65. The van der Waals surface area contributed by atoms with Gasteiger partial charge in [-0.2, -0.15) is 0 Å². The van der Waals surface area contributed by atoms with Gasteiger partial charge in [-0.1, -0.05) is 12.1 Å². The second-order valence-electron chi connectivity index (χ2n) is 4.46. The quantitative estimate of drug-likeness (QED) is 0.849. The molecule has 2 rings (SSSR count). The smallest absolute Gasteiger partial charge is 0.343 e. The first-order valence-electron chi connectivity index (χ1n) is 6.07. The Morgan fingerprint density at radius 1 is 1.40 bits per heavy atom. The van der Waals surface area contributed by atoms with E-state index in [1.807, 2.05) is 43.3 Å². The third-order valence-electron chi connectivity index (χ3n) is 2.76. The van der Waals surface area contributed by atoms with E-state index < -0.39 is 5.97 Å². The van der Waals surface area contributed by atoms with E-state index in [-0.39, 0.29) is 18.0 Å². The van der Waals surface area contributed by atoms with E-state index in [0.717, 1.165) is 11.3 Å². The Labute approximate surface area is 117 Å². The number of hydrogen-bond donors (Lipinski definition) is 1. The highest BCUT2D eigenvalue weighted by atomic mass is 16.5. The van der Waals surface area contributed by atoms with Crippen LogP contribution in [0.15, 0.2) is 36.8 Å². The second-order valence-corrected chi connectivity index (χ2v) is 4.46. The summed E-state index contributed by atoms with van der Waals surface area (Å²) in [5.41, 5.74) is 7.72. The number of benzene rings is 1. The van der Waals surface area contributed by atoms with Crippen LogP contribution in [0.5, 0.6) is 0 Å². The lowest BCUT2D eigenvalue weighted by Crippen LogP contribution is -2.11. The maximum absolute atomic E-state index is 11.9. The van der Waals surface area contributed by atoms with E-state index in [1.54, 1.807) is 0 Å². The monoisotopic (exact) mass is 272 g/mol.